The van der Waals surface area contributed by atoms with Crippen LogP contribution in [0.25, 0.3) is 22.6 Å². The van der Waals surface area contributed by atoms with E-state index in [1.165, 1.54) is 7.11 Å². The van der Waals surface area contributed by atoms with E-state index in [4.69, 9.17) is 26.1 Å². The van der Waals surface area contributed by atoms with E-state index >= 15 is 0 Å². The second-order valence-corrected chi connectivity index (χ2v) is 6.82. The lowest BCUT2D eigenvalue weighted by molar-refractivity contribution is 0.0600. The Labute approximate surface area is 172 Å². The summed E-state index contributed by atoms with van der Waals surface area (Å²) in [5.41, 5.74) is 3.73. The number of carbonyl (C=O) groups is 1. The average Bonchev–Trinajstić information content (AvgIpc) is 3.13. The molecule has 0 bridgehead atoms. The van der Waals surface area contributed by atoms with Crippen LogP contribution in [0.15, 0.2) is 60.8 Å². The molecule has 29 heavy (non-hydrogen) atoms. The SMILES string of the molecule is COC(=O)c1ccnc(-c2nc3ccccc3n2Cc2ccc(Cl)cc2OC)c1. The number of rotatable bonds is 5. The van der Waals surface area contributed by atoms with Crippen LogP contribution in [0, 0.1) is 0 Å². The minimum atomic E-state index is -0.421. The van der Waals surface area contributed by atoms with Gasteiger partial charge in [-0.15, -0.1) is 0 Å². The maximum absolute atomic E-state index is 12.0. The molecule has 6 nitrogen and oxygen atoms in total. The normalized spacial score (nSPS) is 10.9. The van der Waals surface area contributed by atoms with Crippen LogP contribution in [-0.4, -0.2) is 34.7 Å². The van der Waals surface area contributed by atoms with Gasteiger partial charge in [0.15, 0.2) is 5.82 Å². The van der Waals surface area contributed by atoms with E-state index in [1.807, 2.05) is 41.0 Å². The molecule has 0 spiro atoms. The number of pyridine rings is 1. The molecule has 0 amide bonds. The number of esters is 1. The fourth-order valence-electron chi connectivity index (χ4n) is 3.25. The van der Waals surface area contributed by atoms with Gasteiger partial charge in [-0.2, -0.15) is 0 Å². The number of halogens is 1. The molecule has 146 valence electrons. The van der Waals surface area contributed by atoms with E-state index in [0.29, 0.717) is 34.4 Å². The number of hydrogen-bond acceptors (Lipinski definition) is 5. The van der Waals surface area contributed by atoms with Crippen molar-refractivity contribution in [3.63, 3.8) is 0 Å². The Hall–Kier alpha value is -3.38. The molecule has 2 aromatic heterocycles. The zero-order chi connectivity index (χ0) is 20.4. The summed E-state index contributed by atoms with van der Waals surface area (Å²) in [7, 11) is 2.97. The third-order valence-corrected chi connectivity index (χ3v) is 4.88. The number of nitrogens with zero attached hydrogens (tertiary/aromatic N) is 3. The van der Waals surface area contributed by atoms with Crippen molar-refractivity contribution in [3.8, 4) is 17.3 Å². The van der Waals surface area contributed by atoms with Gasteiger partial charge in [0.25, 0.3) is 0 Å². The van der Waals surface area contributed by atoms with Crippen LogP contribution in [0.5, 0.6) is 5.75 Å². The van der Waals surface area contributed by atoms with Gasteiger partial charge in [-0.1, -0.05) is 29.8 Å². The summed E-state index contributed by atoms with van der Waals surface area (Å²) in [5, 5.41) is 0.605. The predicted molar refractivity (Wildman–Crippen MR) is 111 cm³/mol. The molecule has 0 saturated heterocycles. The molecule has 0 aliphatic rings. The number of methoxy groups -OCH3 is 2. The largest absolute Gasteiger partial charge is 0.496 e. The molecule has 0 aliphatic heterocycles. The van der Waals surface area contributed by atoms with Crippen molar-refractivity contribution in [2.24, 2.45) is 0 Å². The van der Waals surface area contributed by atoms with Crippen molar-refractivity contribution < 1.29 is 14.3 Å². The highest BCUT2D eigenvalue weighted by Gasteiger charge is 2.17. The molecule has 0 atom stereocenters. The molecule has 0 saturated carbocycles. The molecular formula is C22H18ClN3O3. The lowest BCUT2D eigenvalue weighted by Gasteiger charge is -2.13. The molecular weight excluding hydrogens is 390 g/mol. The maximum atomic E-state index is 12.0. The van der Waals surface area contributed by atoms with Crippen molar-refractivity contribution in [1.29, 1.82) is 0 Å². The van der Waals surface area contributed by atoms with Gasteiger partial charge in [-0.05, 0) is 36.4 Å². The van der Waals surface area contributed by atoms with Crippen molar-refractivity contribution in [2.45, 2.75) is 6.54 Å². The summed E-state index contributed by atoms with van der Waals surface area (Å²) < 4.78 is 12.4. The Morgan fingerprint density at radius 3 is 2.72 bits per heavy atom. The van der Waals surface area contributed by atoms with Gasteiger partial charge in [0.1, 0.15) is 11.4 Å². The number of aromatic nitrogens is 3. The van der Waals surface area contributed by atoms with Crippen LogP contribution in [0.4, 0.5) is 0 Å². The summed E-state index contributed by atoms with van der Waals surface area (Å²) in [6.07, 6.45) is 1.58. The van der Waals surface area contributed by atoms with Crippen LogP contribution in [0.3, 0.4) is 0 Å². The summed E-state index contributed by atoms with van der Waals surface area (Å²) in [5.74, 6) is 0.919. The highest BCUT2D eigenvalue weighted by Crippen LogP contribution is 2.29. The molecule has 0 N–H and O–H groups in total. The second-order valence-electron chi connectivity index (χ2n) is 6.39. The summed E-state index contributed by atoms with van der Waals surface area (Å²) >= 11 is 6.11. The molecule has 0 radical (unpaired) electrons. The van der Waals surface area contributed by atoms with Gasteiger partial charge in [0, 0.05) is 16.8 Å². The molecule has 2 heterocycles. The monoisotopic (exact) mass is 407 g/mol. The zero-order valence-electron chi connectivity index (χ0n) is 15.9. The van der Waals surface area contributed by atoms with Crippen molar-refractivity contribution in [3.05, 3.63) is 76.9 Å². The minimum Gasteiger partial charge on any atom is -0.496 e. The van der Waals surface area contributed by atoms with E-state index in [-0.39, 0.29) is 0 Å². The first kappa shape index (κ1) is 19.0. The lowest BCUT2D eigenvalue weighted by Crippen LogP contribution is -2.06. The van der Waals surface area contributed by atoms with Crippen LogP contribution >= 0.6 is 11.6 Å². The molecule has 0 fully saturated rings. The fourth-order valence-corrected chi connectivity index (χ4v) is 3.41. The Bertz CT molecular complexity index is 1200. The smallest absolute Gasteiger partial charge is 0.337 e. The number of ether oxygens (including phenoxy) is 2. The highest BCUT2D eigenvalue weighted by molar-refractivity contribution is 6.30. The van der Waals surface area contributed by atoms with Gasteiger partial charge in [-0.25, -0.2) is 9.78 Å². The molecule has 0 unspecified atom stereocenters. The molecule has 4 rings (SSSR count). The lowest BCUT2D eigenvalue weighted by atomic mass is 10.2. The Morgan fingerprint density at radius 2 is 1.93 bits per heavy atom. The number of fused-ring (bicyclic) bond motifs is 1. The quantitative estimate of drug-likeness (QED) is 0.452. The third-order valence-electron chi connectivity index (χ3n) is 4.64. The molecule has 4 aromatic rings. The summed E-state index contributed by atoms with van der Waals surface area (Å²) in [6, 6.07) is 16.7. The predicted octanol–water partition coefficient (Wildman–Crippen LogP) is 4.60. The molecule has 0 aliphatic carbocycles. The van der Waals surface area contributed by atoms with Crippen molar-refractivity contribution in [1.82, 2.24) is 14.5 Å². The second kappa shape index (κ2) is 7.93. The third kappa shape index (κ3) is 3.67. The van der Waals surface area contributed by atoms with Gasteiger partial charge < -0.3 is 14.0 Å². The van der Waals surface area contributed by atoms with Crippen molar-refractivity contribution >= 4 is 28.6 Å². The van der Waals surface area contributed by atoms with E-state index in [9.17, 15) is 4.79 Å². The van der Waals surface area contributed by atoms with Gasteiger partial charge in [0.05, 0.1) is 37.4 Å². The Morgan fingerprint density at radius 1 is 1.10 bits per heavy atom. The first-order chi connectivity index (χ1) is 14.1. The number of benzene rings is 2. The van der Waals surface area contributed by atoms with Crippen LogP contribution in [-0.2, 0) is 11.3 Å². The maximum Gasteiger partial charge on any atom is 0.337 e. The van der Waals surface area contributed by atoms with E-state index in [0.717, 1.165) is 16.6 Å². The van der Waals surface area contributed by atoms with Crippen LogP contribution < -0.4 is 4.74 Å². The topological polar surface area (TPSA) is 66.2 Å². The van der Waals surface area contributed by atoms with Gasteiger partial charge in [0.2, 0.25) is 0 Å². The minimum absolute atomic E-state index is 0.417. The fraction of sp³-hybridized carbons (Fsp3) is 0.136. The summed E-state index contributed by atoms with van der Waals surface area (Å²) in [6.45, 7) is 0.500. The van der Waals surface area contributed by atoms with Crippen LogP contribution in [0.1, 0.15) is 15.9 Å². The Kier molecular flexibility index (Phi) is 5.18. The standard InChI is InChI=1S/C22H18ClN3O3/c1-28-20-12-16(23)8-7-15(20)13-26-19-6-4-3-5-17(19)25-21(26)18-11-14(9-10-24-18)22(27)29-2/h3-12H,13H2,1-2H3. The van der Waals surface area contributed by atoms with Crippen LogP contribution in [0.2, 0.25) is 5.02 Å². The molecule has 7 heteroatoms. The first-order valence-electron chi connectivity index (χ1n) is 8.93. The van der Waals surface area contributed by atoms with Gasteiger partial charge in [-0.3, -0.25) is 4.98 Å². The Balaban J connectivity index is 1.87. The number of hydrogen-bond donors (Lipinski definition) is 0. The average molecular weight is 408 g/mol. The first-order valence-corrected chi connectivity index (χ1v) is 9.31. The van der Waals surface area contributed by atoms with Gasteiger partial charge >= 0.3 is 5.97 Å². The zero-order valence-corrected chi connectivity index (χ0v) is 16.7. The van der Waals surface area contributed by atoms with E-state index in [1.54, 1.807) is 31.5 Å². The number of imidazole rings is 1. The van der Waals surface area contributed by atoms with E-state index < -0.39 is 5.97 Å². The highest BCUT2D eigenvalue weighted by atomic mass is 35.5. The van der Waals surface area contributed by atoms with Crippen molar-refractivity contribution in [2.75, 3.05) is 14.2 Å². The number of carbonyl (C=O) groups excluding carboxylic acids is 1. The van der Waals surface area contributed by atoms with E-state index in [2.05, 4.69) is 4.98 Å². The number of para-hydroxylation sites is 2. The summed E-state index contributed by atoms with van der Waals surface area (Å²) in [4.78, 5) is 21.2. The molecule has 2 aromatic carbocycles.